The normalized spacial score (nSPS) is 14.5. The van der Waals surface area contributed by atoms with Crippen molar-refractivity contribution in [2.75, 3.05) is 31.1 Å². The number of benzene rings is 1. The number of hydrogen-bond donors (Lipinski definition) is 0. The zero-order chi connectivity index (χ0) is 18.0. The van der Waals surface area contributed by atoms with Crippen molar-refractivity contribution in [3.8, 4) is 6.07 Å². The van der Waals surface area contributed by atoms with E-state index in [9.17, 15) is 10.1 Å². The number of piperazine rings is 1. The van der Waals surface area contributed by atoms with E-state index in [1.165, 1.54) is 0 Å². The number of halogens is 1. The second kappa shape index (κ2) is 7.16. The summed E-state index contributed by atoms with van der Waals surface area (Å²) >= 11 is 5.96. The summed E-state index contributed by atoms with van der Waals surface area (Å²) in [7, 11) is 0. The van der Waals surface area contributed by atoms with Crippen LogP contribution in [0.25, 0.3) is 0 Å². The molecule has 7 heteroatoms. The van der Waals surface area contributed by atoms with Gasteiger partial charge in [-0.15, -0.1) is 0 Å². The van der Waals surface area contributed by atoms with Gasteiger partial charge in [-0.05, 0) is 32.0 Å². The van der Waals surface area contributed by atoms with Crippen molar-refractivity contribution >= 4 is 23.2 Å². The number of hydrogen-bond acceptors (Lipinski definition) is 5. The Morgan fingerprint density at radius 3 is 2.64 bits per heavy atom. The summed E-state index contributed by atoms with van der Waals surface area (Å²) in [6.45, 7) is 6.28. The average molecular weight is 359 g/mol. The summed E-state index contributed by atoms with van der Waals surface area (Å²) in [6, 6.07) is 7.51. The van der Waals surface area contributed by atoms with E-state index in [0.717, 1.165) is 16.9 Å². The van der Waals surface area contributed by atoms with Crippen molar-refractivity contribution in [1.29, 1.82) is 5.26 Å². The lowest BCUT2D eigenvalue weighted by molar-refractivity contribution is -0.130. The summed E-state index contributed by atoms with van der Waals surface area (Å²) in [5.41, 5.74) is 3.06. The maximum Gasteiger partial charge on any atom is 0.227 e. The highest BCUT2D eigenvalue weighted by Gasteiger charge is 2.24. The fourth-order valence-electron chi connectivity index (χ4n) is 3.09. The third kappa shape index (κ3) is 3.62. The van der Waals surface area contributed by atoms with Crippen LogP contribution in [0.2, 0.25) is 5.02 Å². The van der Waals surface area contributed by atoms with E-state index in [-0.39, 0.29) is 5.91 Å². The molecule has 1 saturated heterocycles. The second-order valence-electron chi connectivity index (χ2n) is 6.12. The Labute approximate surface area is 151 Å². The molecule has 0 spiro atoms. The number of carbonyl (C=O) groups is 1. The molecule has 3 rings (SSSR count). The molecular weight excluding hydrogens is 340 g/mol. The van der Waals surface area contributed by atoms with Crippen molar-refractivity contribution < 1.29 is 9.32 Å². The molecular formula is C18H19ClN4O2. The van der Waals surface area contributed by atoms with E-state index >= 15 is 0 Å². The third-order valence-corrected chi connectivity index (χ3v) is 4.80. The van der Waals surface area contributed by atoms with Crippen LogP contribution in [0.4, 0.5) is 5.69 Å². The number of aryl methyl sites for hydroxylation is 2. The van der Waals surface area contributed by atoms with Crippen LogP contribution in [-0.4, -0.2) is 42.1 Å². The minimum Gasteiger partial charge on any atom is -0.367 e. The summed E-state index contributed by atoms with van der Waals surface area (Å²) in [6.07, 6.45) is 0.311. The molecule has 0 aliphatic carbocycles. The molecule has 1 amide bonds. The molecule has 1 aromatic heterocycles. The van der Waals surface area contributed by atoms with Gasteiger partial charge in [-0.3, -0.25) is 4.79 Å². The molecule has 0 N–H and O–H groups in total. The van der Waals surface area contributed by atoms with E-state index in [2.05, 4.69) is 16.1 Å². The van der Waals surface area contributed by atoms with Crippen LogP contribution in [0.5, 0.6) is 0 Å². The molecule has 25 heavy (non-hydrogen) atoms. The Hall–Kier alpha value is -2.52. The highest BCUT2D eigenvalue weighted by molar-refractivity contribution is 6.30. The van der Waals surface area contributed by atoms with E-state index in [4.69, 9.17) is 16.1 Å². The molecule has 0 bridgehead atoms. The van der Waals surface area contributed by atoms with E-state index in [0.29, 0.717) is 48.9 Å². The zero-order valence-corrected chi connectivity index (χ0v) is 15.0. The van der Waals surface area contributed by atoms with Gasteiger partial charge >= 0.3 is 0 Å². The van der Waals surface area contributed by atoms with Crippen LogP contribution in [0.15, 0.2) is 22.7 Å². The van der Waals surface area contributed by atoms with Gasteiger partial charge < -0.3 is 14.3 Å². The molecule has 1 fully saturated rings. The lowest BCUT2D eigenvalue weighted by Gasteiger charge is -2.36. The van der Waals surface area contributed by atoms with Gasteiger partial charge in [-0.25, -0.2) is 0 Å². The number of anilines is 1. The maximum absolute atomic E-state index is 12.5. The van der Waals surface area contributed by atoms with Gasteiger partial charge in [-0.2, -0.15) is 5.26 Å². The van der Waals surface area contributed by atoms with Crippen molar-refractivity contribution in [2.45, 2.75) is 20.3 Å². The molecule has 2 aromatic rings. The number of nitriles is 1. The van der Waals surface area contributed by atoms with Gasteiger partial charge in [0.05, 0.1) is 23.4 Å². The minimum absolute atomic E-state index is 0.0747. The lowest BCUT2D eigenvalue weighted by atomic mass is 10.1. The summed E-state index contributed by atoms with van der Waals surface area (Å²) < 4.78 is 5.12. The Bertz CT molecular complexity index is 813. The highest BCUT2D eigenvalue weighted by Crippen LogP contribution is 2.25. The van der Waals surface area contributed by atoms with Crippen LogP contribution >= 0.6 is 11.6 Å². The highest BCUT2D eigenvalue weighted by atomic mass is 35.5. The van der Waals surface area contributed by atoms with Gasteiger partial charge in [0.2, 0.25) is 5.91 Å². The SMILES string of the molecule is Cc1noc(C)c1CC(=O)N1CCN(c2ccc(Cl)cc2C#N)CC1. The molecule has 0 saturated carbocycles. The first-order valence-corrected chi connectivity index (χ1v) is 8.51. The van der Waals surface area contributed by atoms with Gasteiger partial charge in [0.15, 0.2) is 0 Å². The van der Waals surface area contributed by atoms with Crippen LogP contribution in [0, 0.1) is 25.2 Å². The van der Waals surface area contributed by atoms with Gasteiger partial charge in [0.1, 0.15) is 11.8 Å². The van der Waals surface area contributed by atoms with Crippen molar-refractivity contribution in [3.05, 3.63) is 45.8 Å². The Morgan fingerprint density at radius 1 is 1.32 bits per heavy atom. The molecule has 130 valence electrons. The fraction of sp³-hybridized carbons (Fsp3) is 0.389. The average Bonchev–Trinajstić information content (AvgIpc) is 2.93. The Balaban J connectivity index is 1.64. The van der Waals surface area contributed by atoms with E-state index in [1.807, 2.05) is 24.8 Å². The topological polar surface area (TPSA) is 73.4 Å². The predicted molar refractivity (Wildman–Crippen MR) is 94.6 cm³/mol. The lowest BCUT2D eigenvalue weighted by Crippen LogP contribution is -2.49. The van der Waals surface area contributed by atoms with Crippen molar-refractivity contribution in [3.63, 3.8) is 0 Å². The Kier molecular flexibility index (Phi) is 4.95. The smallest absolute Gasteiger partial charge is 0.227 e. The molecule has 0 radical (unpaired) electrons. The zero-order valence-electron chi connectivity index (χ0n) is 14.3. The summed E-state index contributed by atoms with van der Waals surface area (Å²) in [5, 5.41) is 13.7. The summed E-state index contributed by atoms with van der Waals surface area (Å²) in [4.78, 5) is 16.5. The fourth-order valence-corrected chi connectivity index (χ4v) is 3.26. The van der Waals surface area contributed by atoms with E-state index < -0.39 is 0 Å². The number of aromatic nitrogens is 1. The quantitative estimate of drug-likeness (QED) is 0.843. The van der Waals surface area contributed by atoms with Crippen LogP contribution in [0.1, 0.15) is 22.6 Å². The molecule has 6 nitrogen and oxygen atoms in total. The van der Waals surface area contributed by atoms with Crippen LogP contribution in [0.3, 0.4) is 0 Å². The predicted octanol–water partition coefficient (Wildman–Crippen LogP) is 2.71. The standard InChI is InChI=1S/C18H19ClN4O2/c1-12-16(13(2)25-21-12)10-18(24)23-7-5-22(6-8-23)17-4-3-15(19)9-14(17)11-20/h3-4,9H,5-8,10H2,1-2H3. The minimum atomic E-state index is 0.0747. The molecule has 1 aliphatic heterocycles. The van der Waals surface area contributed by atoms with Crippen LogP contribution < -0.4 is 4.90 Å². The number of amides is 1. The number of carbonyl (C=O) groups excluding carboxylic acids is 1. The first-order chi connectivity index (χ1) is 12.0. The summed E-state index contributed by atoms with van der Waals surface area (Å²) in [5.74, 6) is 0.773. The molecule has 0 atom stereocenters. The van der Waals surface area contributed by atoms with E-state index in [1.54, 1.807) is 12.1 Å². The molecule has 1 aliphatic rings. The first kappa shape index (κ1) is 17.3. The molecule has 0 unspecified atom stereocenters. The maximum atomic E-state index is 12.5. The molecule has 2 heterocycles. The van der Waals surface area contributed by atoms with Crippen molar-refractivity contribution in [1.82, 2.24) is 10.1 Å². The van der Waals surface area contributed by atoms with Crippen molar-refractivity contribution in [2.24, 2.45) is 0 Å². The first-order valence-electron chi connectivity index (χ1n) is 8.13. The third-order valence-electron chi connectivity index (χ3n) is 4.56. The van der Waals surface area contributed by atoms with Gasteiger partial charge in [-0.1, -0.05) is 16.8 Å². The van der Waals surface area contributed by atoms with Gasteiger partial charge in [0, 0.05) is 36.8 Å². The monoisotopic (exact) mass is 358 g/mol. The molecule has 1 aromatic carbocycles. The largest absolute Gasteiger partial charge is 0.367 e. The van der Waals surface area contributed by atoms with Gasteiger partial charge in [0.25, 0.3) is 0 Å². The number of rotatable bonds is 3. The van der Waals surface area contributed by atoms with Crippen LogP contribution in [-0.2, 0) is 11.2 Å². The Morgan fingerprint density at radius 2 is 2.04 bits per heavy atom. The second-order valence-corrected chi connectivity index (χ2v) is 6.56. The number of nitrogens with zero attached hydrogens (tertiary/aromatic N) is 4.